The fraction of sp³-hybridized carbons (Fsp3) is 0.538. The van der Waals surface area contributed by atoms with Crippen LogP contribution in [0.4, 0.5) is 11.4 Å². The van der Waals surface area contributed by atoms with Crippen LogP contribution in [0.3, 0.4) is 0 Å². The van der Waals surface area contributed by atoms with E-state index in [0.29, 0.717) is 0 Å². The summed E-state index contributed by atoms with van der Waals surface area (Å²) in [4.78, 5) is 2.08. The van der Waals surface area contributed by atoms with Crippen LogP contribution >= 0.6 is 0 Å². The van der Waals surface area contributed by atoms with Crippen molar-refractivity contribution >= 4 is 11.4 Å². The molecule has 1 aliphatic rings. The summed E-state index contributed by atoms with van der Waals surface area (Å²) in [6.07, 6.45) is 2.92. The van der Waals surface area contributed by atoms with Crippen LogP contribution in [0.1, 0.15) is 19.3 Å². The highest BCUT2D eigenvalue weighted by atomic mass is 16.3. The van der Waals surface area contributed by atoms with Gasteiger partial charge in [0.25, 0.3) is 0 Å². The summed E-state index contributed by atoms with van der Waals surface area (Å²) in [6.45, 7) is 0. The van der Waals surface area contributed by atoms with Gasteiger partial charge in [-0.2, -0.15) is 0 Å². The minimum absolute atomic E-state index is 0.187. The second kappa shape index (κ2) is 4.74. The number of aliphatic hydroxyl groups is 1. The number of benzene rings is 1. The fourth-order valence-electron chi connectivity index (χ4n) is 2.18. The molecule has 0 radical (unpaired) electrons. The van der Waals surface area contributed by atoms with Crippen molar-refractivity contribution in [1.29, 1.82) is 0 Å². The van der Waals surface area contributed by atoms with Crippen LogP contribution in [0.25, 0.3) is 0 Å². The molecule has 0 heterocycles. The molecule has 0 unspecified atom stereocenters. The zero-order chi connectivity index (χ0) is 11.5. The number of aliphatic hydroxyl groups excluding tert-OH is 1. The molecule has 16 heavy (non-hydrogen) atoms. The van der Waals surface area contributed by atoms with Gasteiger partial charge < -0.3 is 15.3 Å². The number of anilines is 2. The van der Waals surface area contributed by atoms with Gasteiger partial charge in [-0.25, -0.2) is 0 Å². The molecule has 1 aliphatic carbocycles. The third kappa shape index (κ3) is 2.47. The second-order valence-electron chi connectivity index (χ2n) is 4.69. The molecule has 0 saturated heterocycles. The third-order valence-corrected chi connectivity index (χ3v) is 3.22. The summed E-state index contributed by atoms with van der Waals surface area (Å²) < 4.78 is 0. The first-order chi connectivity index (χ1) is 7.66. The highest BCUT2D eigenvalue weighted by Crippen LogP contribution is 2.24. The largest absolute Gasteiger partial charge is 0.391 e. The smallest absolute Gasteiger partial charge is 0.0741 e. The molecule has 0 spiro atoms. The van der Waals surface area contributed by atoms with Crippen LogP contribution in [0, 0.1) is 0 Å². The van der Waals surface area contributed by atoms with Crippen molar-refractivity contribution in [3.63, 3.8) is 0 Å². The van der Waals surface area contributed by atoms with Crippen LogP contribution in [-0.4, -0.2) is 31.3 Å². The van der Waals surface area contributed by atoms with E-state index >= 15 is 0 Å². The molecule has 2 atom stereocenters. The van der Waals surface area contributed by atoms with Gasteiger partial charge in [-0.05, 0) is 43.5 Å². The molecule has 1 saturated carbocycles. The minimum atomic E-state index is -0.187. The summed E-state index contributed by atoms with van der Waals surface area (Å²) >= 11 is 0. The summed E-state index contributed by atoms with van der Waals surface area (Å²) in [6, 6.07) is 8.54. The zero-order valence-corrected chi connectivity index (χ0v) is 9.98. The molecule has 0 aromatic heterocycles. The highest BCUT2D eigenvalue weighted by Gasteiger charge is 2.24. The van der Waals surface area contributed by atoms with E-state index in [-0.39, 0.29) is 12.1 Å². The van der Waals surface area contributed by atoms with Gasteiger partial charge in [-0.15, -0.1) is 0 Å². The minimum Gasteiger partial charge on any atom is -0.391 e. The van der Waals surface area contributed by atoms with E-state index in [0.717, 1.165) is 24.9 Å². The van der Waals surface area contributed by atoms with Gasteiger partial charge in [-0.3, -0.25) is 0 Å². The van der Waals surface area contributed by atoms with E-state index in [2.05, 4.69) is 34.5 Å². The lowest BCUT2D eigenvalue weighted by atomic mass is 10.2. The monoisotopic (exact) mass is 220 g/mol. The first-order valence-corrected chi connectivity index (χ1v) is 5.89. The predicted molar refractivity (Wildman–Crippen MR) is 68.0 cm³/mol. The Labute approximate surface area is 97.1 Å². The Morgan fingerprint density at radius 3 is 2.38 bits per heavy atom. The number of nitrogens with one attached hydrogen (secondary N) is 1. The van der Waals surface area contributed by atoms with Crippen molar-refractivity contribution < 1.29 is 5.11 Å². The van der Waals surface area contributed by atoms with Gasteiger partial charge >= 0.3 is 0 Å². The van der Waals surface area contributed by atoms with Crippen molar-refractivity contribution in [1.82, 2.24) is 0 Å². The van der Waals surface area contributed by atoms with E-state index in [1.54, 1.807) is 0 Å². The van der Waals surface area contributed by atoms with E-state index in [4.69, 9.17) is 0 Å². The van der Waals surface area contributed by atoms with Gasteiger partial charge in [0.2, 0.25) is 0 Å². The Morgan fingerprint density at radius 2 is 1.88 bits per heavy atom. The zero-order valence-electron chi connectivity index (χ0n) is 9.98. The van der Waals surface area contributed by atoms with Gasteiger partial charge in [0.15, 0.2) is 0 Å². The molecule has 1 fully saturated rings. The predicted octanol–water partition coefficient (Wildman–Crippen LogP) is 2.08. The average molecular weight is 220 g/mol. The Bertz CT molecular complexity index is 334. The van der Waals surface area contributed by atoms with E-state index in [1.165, 1.54) is 5.69 Å². The molecule has 1 aromatic carbocycles. The molecule has 0 amide bonds. The second-order valence-corrected chi connectivity index (χ2v) is 4.69. The molecule has 0 aliphatic heterocycles. The first-order valence-electron chi connectivity index (χ1n) is 5.89. The van der Waals surface area contributed by atoms with Crippen LogP contribution in [-0.2, 0) is 0 Å². The van der Waals surface area contributed by atoms with Crippen molar-refractivity contribution in [2.75, 3.05) is 24.3 Å². The van der Waals surface area contributed by atoms with Crippen molar-refractivity contribution in [3.8, 4) is 0 Å². The van der Waals surface area contributed by atoms with Crippen molar-refractivity contribution in [3.05, 3.63) is 24.3 Å². The van der Waals surface area contributed by atoms with E-state index in [1.807, 2.05) is 14.1 Å². The number of hydrogen-bond donors (Lipinski definition) is 2. The van der Waals surface area contributed by atoms with Gasteiger partial charge in [0.05, 0.1) is 12.1 Å². The topological polar surface area (TPSA) is 35.5 Å². The maximum Gasteiger partial charge on any atom is 0.0741 e. The lowest BCUT2D eigenvalue weighted by molar-refractivity contribution is 0.172. The fourth-order valence-corrected chi connectivity index (χ4v) is 2.18. The van der Waals surface area contributed by atoms with E-state index < -0.39 is 0 Å². The molecule has 2 rings (SSSR count). The normalized spacial score (nSPS) is 24.4. The third-order valence-electron chi connectivity index (χ3n) is 3.22. The molecule has 3 heteroatoms. The summed E-state index contributed by atoms with van der Waals surface area (Å²) in [5.41, 5.74) is 2.29. The number of hydrogen-bond acceptors (Lipinski definition) is 3. The molecule has 0 bridgehead atoms. The Hall–Kier alpha value is -1.22. The Morgan fingerprint density at radius 1 is 1.19 bits per heavy atom. The van der Waals surface area contributed by atoms with Crippen LogP contribution < -0.4 is 10.2 Å². The van der Waals surface area contributed by atoms with Crippen LogP contribution in [0.2, 0.25) is 0 Å². The first kappa shape index (κ1) is 11.3. The summed E-state index contributed by atoms with van der Waals surface area (Å²) in [5.74, 6) is 0. The van der Waals surface area contributed by atoms with Gasteiger partial charge in [-0.1, -0.05) is 0 Å². The van der Waals surface area contributed by atoms with Gasteiger partial charge in [0, 0.05) is 25.5 Å². The standard InChI is InChI=1S/C13H20N2O/c1-15(2)11-8-6-10(7-9-11)14-12-4-3-5-13(12)16/h6-9,12-14,16H,3-5H2,1-2H3/t12-,13-/m0/s1. The Kier molecular flexibility index (Phi) is 3.34. The summed E-state index contributed by atoms with van der Waals surface area (Å²) in [7, 11) is 4.06. The van der Waals surface area contributed by atoms with Crippen molar-refractivity contribution in [2.45, 2.75) is 31.4 Å². The maximum atomic E-state index is 9.72. The number of rotatable bonds is 3. The summed E-state index contributed by atoms with van der Waals surface area (Å²) in [5, 5.41) is 13.1. The van der Waals surface area contributed by atoms with Gasteiger partial charge in [0.1, 0.15) is 0 Å². The SMILES string of the molecule is CN(C)c1ccc(N[C@H]2CCC[C@@H]2O)cc1. The lowest BCUT2D eigenvalue weighted by Crippen LogP contribution is -2.27. The van der Waals surface area contributed by atoms with E-state index in [9.17, 15) is 5.11 Å². The Balaban J connectivity index is 1.99. The van der Waals surface area contributed by atoms with Crippen LogP contribution in [0.15, 0.2) is 24.3 Å². The molecule has 1 aromatic rings. The highest BCUT2D eigenvalue weighted by molar-refractivity contribution is 5.54. The maximum absolute atomic E-state index is 9.72. The average Bonchev–Trinajstić information content (AvgIpc) is 2.65. The van der Waals surface area contributed by atoms with Crippen molar-refractivity contribution in [2.24, 2.45) is 0 Å². The number of nitrogens with zero attached hydrogens (tertiary/aromatic N) is 1. The van der Waals surface area contributed by atoms with Crippen LogP contribution in [0.5, 0.6) is 0 Å². The lowest BCUT2D eigenvalue weighted by Gasteiger charge is -2.19. The molecular formula is C13H20N2O. The molecule has 3 nitrogen and oxygen atoms in total. The molecule has 88 valence electrons. The quantitative estimate of drug-likeness (QED) is 0.818. The molecule has 2 N–H and O–H groups in total. The molecular weight excluding hydrogens is 200 g/mol.